The molecule has 4 rings (SSSR count). The van der Waals surface area contributed by atoms with Crippen LogP contribution in [-0.2, 0) is 11.2 Å². The van der Waals surface area contributed by atoms with Gasteiger partial charge in [-0.25, -0.2) is 0 Å². The van der Waals surface area contributed by atoms with Crippen molar-refractivity contribution in [3.63, 3.8) is 0 Å². The molecule has 0 bridgehead atoms. The van der Waals surface area contributed by atoms with Crippen LogP contribution in [0.4, 0.5) is 0 Å². The smallest absolute Gasteiger partial charge is 0.223 e. The molecule has 2 aromatic carbocycles. The number of piperidine rings is 1. The van der Waals surface area contributed by atoms with Crippen molar-refractivity contribution in [2.24, 2.45) is 0 Å². The van der Waals surface area contributed by atoms with E-state index >= 15 is 0 Å². The van der Waals surface area contributed by atoms with Gasteiger partial charge >= 0.3 is 0 Å². The van der Waals surface area contributed by atoms with E-state index in [-0.39, 0.29) is 0 Å². The van der Waals surface area contributed by atoms with E-state index in [0.29, 0.717) is 30.3 Å². The maximum Gasteiger partial charge on any atom is 0.223 e. The molecule has 0 unspecified atom stereocenters. The summed E-state index contributed by atoms with van der Waals surface area (Å²) in [5, 5.41) is 3.80. The lowest BCUT2D eigenvalue weighted by Gasteiger charge is -2.45. The van der Waals surface area contributed by atoms with Crippen molar-refractivity contribution in [2.45, 2.75) is 56.5 Å². The summed E-state index contributed by atoms with van der Waals surface area (Å²) in [6.45, 7) is 1.95. The van der Waals surface area contributed by atoms with Gasteiger partial charge in [0.15, 0.2) is 0 Å². The molecule has 2 aromatic rings. The summed E-state index contributed by atoms with van der Waals surface area (Å²) in [5.41, 5.74) is 2.67. The number of hydrogen-bond donors (Lipinski definition) is 1. The van der Waals surface area contributed by atoms with Crippen molar-refractivity contribution in [1.29, 1.82) is 0 Å². The summed E-state index contributed by atoms with van der Waals surface area (Å²) < 4.78 is 0. The van der Waals surface area contributed by atoms with Gasteiger partial charge < -0.3 is 10.2 Å². The zero-order valence-electron chi connectivity index (χ0n) is 16.0. The second-order valence-corrected chi connectivity index (χ2v) is 7.92. The van der Waals surface area contributed by atoms with Crippen LogP contribution >= 0.6 is 0 Å². The molecule has 3 nitrogen and oxygen atoms in total. The Kier molecular flexibility index (Phi) is 5.88. The van der Waals surface area contributed by atoms with Gasteiger partial charge in [0.1, 0.15) is 0 Å². The van der Waals surface area contributed by atoms with Crippen LogP contribution in [0.15, 0.2) is 60.7 Å². The first-order valence-corrected chi connectivity index (χ1v) is 10.4. The first kappa shape index (κ1) is 18.2. The third-order valence-electron chi connectivity index (χ3n) is 6.25. The fraction of sp³-hybridized carbons (Fsp3) is 0.458. The normalized spacial score (nSPS) is 25.5. The lowest BCUT2D eigenvalue weighted by Crippen LogP contribution is -2.58. The van der Waals surface area contributed by atoms with Crippen LogP contribution < -0.4 is 5.32 Å². The molecule has 3 heteroatoms. The van der Waals surface area contributed by atoms with E-state index in [1.807, 2.05) is 6.07 Å². The summed E-state index contributed by atoms with van der Waals surface area (Å²) in [4.78, 5) is 15.3. The van der Waals surface area contributed by atoms with E-state index in [2.05, 4.69) is 64.8 Å². The third-order valence-corrected chi connectivity index (χ3v) is 6.25. The summed E-state index contributed by atoms with van der Waals surface area (Å²) >= 11 is 0. The van der Waals surface area contributed by atoms with Gasteiger partial charge in [0.25, 0.3) is 0 Å². The van der Waals surface area contributed by atoms with Crippen molar-refractivity contribution in [1.82, 2.24) is 10.2 Å². The van der Waals surface area contributed by atoms with Gasteiger partial charge in [-0.3, -0.25) is 4.79 Å². The molecule has 1 N–H and O–H groups in total. The van der Waals surface area contributed by atoms with Gasteiger partial charge in [0.05, 0.1) is 0 Å². The Morgan fingerprint density at radius 2 is 1.70 bits per heavy atom. The highest BCUT2D eigenvalue weighted by atomic mass is 16.2. The molecular weight excluding hydrogens is 332 g/mol. The molecule has 0 radical (unpaired) electrons. The van der Waals surface area contributed by atoms with Crippen LogP contribution in [0.5, 0.6) is 0 Å². The zero-order chi connectivity index (χ0) is 18.5. The molecule has 27 heavy (non-hydrogen) atoms. The molecule has 0 aromatic heterocycles. The van der Waals surface area contributed by atoms with E-state index < -0.39 is 0 Å². The Bertz CT molecular complexity index is 731. The summed E-state index contributed by atoms with van der Waals surface area (Å²) in [6, 6.07) is 21.9. The Morgan fingerprint density at radius 1 is 0.963 bits per heavy atom. The molecule has 1 amide bonds. The topological polar surface area (TPSA) is 32.3 Å². The Morgan fingerprint density at radius 3 is 2.48 bits per heavy atom. The number of rotatable bonds is 4. The number of nitrogens with zero attached hydrogens (tertiary/aromatic N) is 1. The Labute approximate surface area is 162 Å². The lowest BCUT2D eigenvalue weighted by molar-refractivity contribution is -0.136. The van der Waals surface area contributed by atoms with E-state index in [9.17, 15) is 4.79 Å². The van der Waals surface area contributed by atoms with Crippen molar-refractivity contribution in [3.8, 4) is 0 Å². The predicted octanol–water partition coefficient (Wildman–Crippen LogP) is 4.15. The van der Waals surface area contributed by atoms with Crippen molar-refractivity contribution in [2.75, 3.05) is 13.1 Å². The maximum atomic E-state index is 13.1. The van der Waals surface area contributed by atoms with Gasteiger partial charge in [-0.2, -0.15) is 0 Å². The molecule has 2 aliphatic rings. The van der Waals surface area contributed by atoms with Gasteiger partial charge in [-0.15, -0.1) is 0 Å². The highest BCUT2D eigenvalue weighted by Crippen LogP contribution is 2.35. The zero-order valence-corrected chi connectivity index (χ0v) is 16.0. The largest absolute Gasteiger partial charge is 0.338 e. The quantitative estimate of drug-likeness (QED) is 0.886. The molecule has 2 saturated heterocycles. The number of carbonyl (C=O) groups excluding carboxylic acids is 1. The average Bonchev–Trinajstić information content (AvgIpc) is 2.99. The number of benzene rings is 2. The Hall–Kier alpha value is -2.13. The van der Waals surface area contributed by atoms with Crippen LogP contribution in [0.25, 0.3) is 0 Å². The second-order valence-electron chi connectivity index (χ2n) is 7.92. The molecule has 0 aliphatic carbocycles. The van der Waals surface area contributed by atoms with E-state index in [1.165, 1.54) is 24.0 Å². The van der Waals surface area contributed by atoms with Crippen LogP contribution in [0.2, 0.25) is 0 Å². The van der Waals surface area contributed by atoms with Crippen LogP contribution in [0.1, 0.15) is 49.1 Å². The minimum atomic E-state index is 0.323. The summed E-state index contributed by atoms with van der Waals surface area (Å²) in [6.07, 6.45) is 6.04. The minimum absolute atomic E-state index is 0.323. The fourth-order valence-electron chi connectivity index (χ4n) is 4.87. The van der Waals surface area contributed by atoms with Crippen molar-refractivity contribution >= 4 is 5.91 Å². The highest BCUT2D eigenvalue weighted by Gasteiger charge is 2.40. The minimum Gasteiger partial charge on any atom is -0.338 e. The molecule has 2 aliphatic heterocycles. The molecular formula is C24H30N2O. The van der Waals surface area contributed by atoms with Gasteiger partial charge in [0, 0.05) is 31.0 Å². The van der Waals surface area contributed by atoms with Crippen molar-refractivity contribution in [3.05, 3.63) is 71.8 Å². The van der Waals surface area contributed by atoms with E-state index in [4.69, 9.17) is 0 Å². The number of likely N-dealkylation sites (tertiary alicyclic amines) is 1. The number of hydrogen-bond acceptors (Lipinski definition) is 2. The fourth-order valence-corrected chi connectivity index (χ4v) is 4.87. The van der Waals surface area contributed by atoms with Crippen LogP contribution in [0.3, 0.4) is 0 Å². The Balaban J connectivity index is 1.48. The third kappa shape index (κ3) is 4.24. The first-order valence-electron chi connectivity index (χ1n) is 10.4. The summed E-state index contributed by atoms with van der Waals surface area (Å²) in [5.74, 6) is 0.830. The number of fused-ring (bicyclic) bond motifs is 1. The molecule has 0 spiro atoms. The maximum absolute atomic E-state index is 13.1. The average molecular weight is 363 g/mol. The van der Waals surface area contributed by atoms with Gasteiger partial charge in [0.2, 0.25) is 5.91 Å². The van der Waals surface area contributed by atoms with Gasteiger partial charge in [-0.1, -0.05) is 67.1 Å². The standard InChI is InChI=1S/C24H30N2O/c27-23(15-14-19-9-3-1-4-10-19)26-18-16-21(20-11-5-2-6-12-20)24-22(26)13-7-8-17-25-24/h1-6,9-12,21-22,24-25H,7-8,13-18H2/t21-,22-,24-/m1/s1. The number of aryl methyl sites for hydroxylation is 1. The monoisotopic (exact) mass is 362 g/mol. The van der Waals surface area contributed by atoms with E-state index in [1.54, 1.807) is 0 Å². The van der Waals surface area contributed by atoms with Crippen molar-refractivity contribution < 1.29 is 4.79 Å². The molecule has 2 heterocycles. The summed E-state index contributed by atoms with van der Waals surface area (Å²) in [7, 11) is 0. The van der Waals surface area contributed by atoms with Gasteiger partial charge in [-0.05, 0) is 43.4 Å². The highest BCUT2D eigenvalue weighted by molar-refractivity contribution is 5.77. The molecule has 2 fully saturated rings. The molecule has 142 valence electrons. The lowest BCUT2D eigenvalue weighted by atomic mass is 9.79. The molecule has 3 atom stereocenters. The SMILES string of the molecule is O=C(CCc1ccccc1)N1CC[C@H](c2ccccc2)[C@H]2NCCCC[C@H]21. The van der Waals surface area contributed by atoms with E-state index in [0.717, 1.165) is 32.4 Å². The number of carbonyl (C=O) groups is 1. The van der Waals surface area contributed by atoms with Crippen LogP contribution in [-0.4, -0.2) is 36.0 Å². The second kappa shape index (κ2) is 8.71. The first-order chi connectivity index (χ1) is 13.3. The number of nitrogens with one attached hydrogen (secondary N) is 1. The molecule has 0 saturated carbocycles. The van der Waals surface area contributed by atoms with Crippen LogP contribution in [0, 0.1) is 0 Å². The number of amides is 1. The predicted molar refractivity (Wildman–Crippen MR) is 110 cm³/mol.